The van der Waals surface area contributed by atoms with Crippen LogP contribution in [-0.2, 0) is 0 Å². The molecule has 0 fully saturated rings. The highest BCUT2D eigenvalue weighted by Gasteiger charge is 2.32. The number of nitrogens with two attached hydrogens (primary N) is 1. The van der Waals surface area contributed by atoms with Gasteiger partial charge < -0.3 is 5.73 Å². The number of Topliss-reactive ketones (excluding diaryl/α,β-unsaturated/α-hetero) is 1. The first kappa shape index (κ1) is 11.4. The topological polar surface area (TPSA) is 66.9 Å². The summed E-state index contributed by atoms with van der Waals surface area (Å²) in [5.41, 5.74) is 5.47. The van der Waals surface area contributed by atoms with Crippen molar-refractivity contribution in [1.29, 1.82) is 5.26 Å². The van der Waals surface area contributed by atoms with E-state index in [0.717, 1.165) is 0 Å². The highest BCUT2D eigenvalue weighted by atomic mass is 16.1. The Morgan fingerprint density at radius 3 is 2.40 bits per heavy atom. The number of carbonyl (C=O) groups excluding carboxylic acids is 1. The first-order chi connectivity index (χ1) is 6.99. The second kappa shape index (κ2) is 4.24. The minimum absolute atomic E-state index is 0.192. The standard InChI is InChI=1S/C12H14N2O/c1-12(2,8-13)11(14)10(15)9-6-4-3-5-7-9/h3-7,11H,14H2,1-2H3. The molecule has 0 bridgehead atoms. The van der Waals surface area contributed by atoms with E-state index in [2.05, 4.69) is 0 Å². The largest absolute Gasteiger partial charge is 0.320 e. The van der Waals surface area contributed by atoms with Gasteiger partial charge in [0.2, 0.25) is 0 Å². The number of rotatable bonds is 3. The Hall–Kier alpha value is -1.66. The van der Waals surface area contributed by atoms with Crippen molar-refractivity contribution in [2.45, 2.75) is 19.9 Å². The summed E-state index contributed by atoms with van der Waals surface area (Å²) in [6.45, 7) is 3.33. The Labute approximate surface area is 89.5 Å². The van der Waals surface area contributed by atoms with E-state index in [1.807, 2.05) is 12.1 Å². The van der Waals surface area contributed by atoms with Gasteiger partial charge in [0.1, 0.15) is 0 Å². The van der Waals surface area contributed by atoms with E-state index in [-0.39, 0.29) is 5.78 Å². The molecule has 0 aliphatic carbocycles. The summed E-state index contributed by atoms with van der Waals surface area (Å²) in [5, 5.41) is 8.88. The zero-order chi connectivity index (χ0) is 11.5. The van der Waals surface area contributed by atoms with Crippen molar-refractivity contribution in [2.75, 3.05) is 0 Å². The third-order valence-electron chi connectivity index (χ3n) is 2.41. The molecule has 3 heteroatoms. The predicted molar refractivity (Wildman–Crippen MR) is 58.1 cm³/mol. The molecule has 1 atom stereocenters. The summed E-state index contributed by atoms with van der Waals surface area (Å²) in [4.78, 5) is 11.9. The number of ketones is 1. The Morgan fingerprint density at radius 2 is 1.93 bits per heavy atom. The van der Waals surface area contributed by atoms with Gasteiger partial charge in [-0.25, -0.2) is 0 Å². The van der Waals surface area contributed by atoms with E-state index in [1.54, 1.807) is 38.1 Å². The van der Waals surface area contributed by atoms with E-state index < -0.39 is 11.5 Å². The van der Waals surface area contributed by atoms with Crippen molar-refractivity contribution in [3.63, 3.8) is 0 Å². The molecule has 1 rings (SSSR count). The molecule has 78 valence electrons. The summed E-state index contributed by atoms with van der Waals surface area (Å²) in [5.74, 6) is -0.192. The number of hydrogen-bond acceptors (Lipinski definition) is 3. The molecule has 0 heterocycles. The fraction of sp³-hybridized carbons (Fsp3) is 0.333. The molecule has 0 saturated heterocycles. The lowest BCUT2D eigenvalue weighted by Crippen LogP contribution is -2.43. The lowest BCUT2D eigenvalue weighted by molar-refractivity contribution is 0.0919. The third-order valence-corrected chi connectivity index (χ3v) is 2.41. The van der Waals surface area contributed by atoms with Gasteiger partial charge in [-0.3, -0.25) is 4.79 Å². The fourth-order valence-corrected chi connectivity index (χ4v) is 1.18. The van der Waals surface area contributed by atoms with Gasteiger partial charge in [0.05, 0.1) is 17.5 Å². The normalized spacial score (nSPS) is 12.9. The average molecular weight is 202 g/mol. The summed E-state index contributed by atoms with van der Waals surface area (Å²) >= 11 is 0. The van der Waals surface area contributed by atoms with Crippen molar-refractivity contribution < 1.29 is 4.79 Å². The van der Waals surface area contributed by atoms with Crippen LogP contribution in [0.4, 0.5) is 0 Å². The van der Waals surface area contributed by atoms with E-state index in [0.29, 0.717) is 5.56 Å². The molecule has 1 aromatic rings. The molecule has 0 aliphatic heterocycles. The van der Waals surface area contributed by atoms with Crippen molar-refractivity contribution in [2.24, 2.45) is 11.1 Å². The van der Waals surface area contributed by atoms with Gasteiger partial charge in [-0.1, -0.05) is 30.3 Å². The van der Waals surface area contributed by atoms with Gasteiger partial charge in [-0.2, -0.15) is 5.26 Å². The van der Waals surface area contributed by atoms with E-state index in [4.69, 9.17) is 11.0 Å². The van der Waals surface area contributed by atoms with Crippen LogP contribution in [0.15, 0.2) is 30.3 Å². The molecule has 0 radical (unpaired) electrons. The van der Waals surface area contributed by atoms with Crippen LogP contribution in [0, 0.1) is 16.7 Å². The molecule has 0 aromatic heterocycles. The molecule has 0 saturated carbocycles. The smallest absolute Gasteiger partial charge is 0.181 e. The second-order valence-corrected chi connectivity index (χ2v) is 4.04. The van der Waals surface area contributed by atoms with Crippen LogP contribution in [0.2, 0.25) is 0 Å². The molecular formula is C12H14N2O. The van der Waals surface area contributed by atoms with Gasteiger partial charge in [0, 0.05) is 5.56 Å². The number of benzene rings is 1. The maximum atomic E-state index is 11.9. The van der Waals surface area contributed by atoms with Gasteiger partial charge in [0.25, 0.3) is 0 Å². The zero-order valence-corrected chi connectivity index (χ0v) is 8.90. The van der Waals surface area contributed by atoms with Crippen LogP contribution < -0.4 is 5.73 Å². The Kier molecular flexibility index (Phi) is 3.23. The van der Waals surface area contributed by atoms with Crippen molar-refractivity contribution in [3.05, 3.63) is 35.9 Å². The maximum Gasteiger partial charge on any atom is 0.181 e. The van der Waals surface area contributed by atoms with Crippen molar-refractivity contribution in [1.82, 2.24) is 0 Å². The number of nitrogens with zero attached hydrogens (tertiary/aromatic N) is 1. The first-order valence-electron chi connectivity index (χ1n) is 4.75. The summed E-state index contributed by atoms with van der Waals surface area (Å²) in [6.07, 6.45) is 0. The number of nitriles is 1. The Morgan fingerprint density at radius 1 is 1.40 bits per heavy atom. The van der Waals surface area contributed by atoms with Gasteiger partial charge in [-0.15, -0.1) is 0 Å². The van der Waals surface area contributed by atoms with Crippen molar-refractivity contribution in [3.8, 4) is 6.07 Å². The van der Waals surface area contributed by atoms with E-state index in [1.165, 1.54) is 0 Å². The molecule has 0 spiro atoms. The minimum Gasteiger partial charge on any atom is -0.320 e. The summed E-state index contributed by atoms with van der Waals surface area (Å²) in [6, 6.07) is 10.1. The quantitative estimate of drug-likeness (QED) is 0.759. The van der Waals surface area contributed by atoms with Crippen LogP contribution >= 0.6 is 0 Å². The molecule has 0 aliphatic rings. The first-order valence-corrected chi connectivity index (χ1v) is 4.75. The molecule has 0 amide bonds. The zero-order valence-electron chi connectivity index (χ0n) is 8.90. The molecule has 2 N–H and O–H groups in total. The molecular weight excluding hydrogens is 188 g/mol. The van der Waals surface area contributed by atoms with Gasteiger partial charge in [-0.05, 0) is 13.8 Å². The lowest BCUT2D eigenvalue weighted by Gasteiger charge is -2.22. The predicted octanol–water partition coefficient (Wildman–Crippen LogP) is 1.75. The van der Waals surface area contributed by atoms with Crippen LogP contribution in [0.25, 0.3) is 0 Å². The highest BCUT2D eigenvalue weighted by Crippen LogP contribution is 2.20. The summed E-state index contributed by atoms with van der Waals surface area (Å²) < 4.78 is 0. The lowest BCUT2D eigenvalue weighted by atomic mass is 9.82. The molecule has 3 nitrogen and oxygen atoms in total. The third kappa shape index (κ3) is 2.42. The average Bonchev–Trinajstić information content (AvgIpc) is 2.28. The van der Waals surface area contributed by atoms with E-state index in [9.17, 15) is 4.79 Å². The van der Waals surface area contributed by atoms with Gasteiger partial charge >= 0.3 is 0 Å². The van der Waals surface area contributed by atoms with Crippen LogP contribution in [-0.4, -0.2) is 11.8 Å². The molecule has 15 heavy (non-hydrogen) atoms. The molecule has 1 aromatic carbocycles. The number of carbonyl (C=O) groups is 1. The van der Waals surface area contributed by atoms with Crippen LogP contribution in [0.5, 0.6) is 0 Å². The van der Waals surface area contributed by atoms with Crippen molar-refractivity contribution >= 4 is 5.78 Å². The van der Waals surface area contributed by atoms with Crippen LogP contribution in [0.3, 0.4) is 0 Å². The Balaban J connectivity index is 2.93. The van der Waals surface area contributed by atoms with E-state index >= 15 is 0 Å². The van der Waals surface area contributed by atoms with Gasteiger partial charge in [0.15, 0.2) is 5.78 Å². The SMILES string of the molecule is CC(C)(C#N)C(N)C(=O)c1ccccc1. The Bertz CT molecular complexity index is 390. The fourth-order valence-electron chi connectivity index (χ4n) is 1.18. The minimum atomic E-state index is -0.840. The maximum absolute atomic E-state index is 11.9. The highest BCUT2D eigenvalue weighted by molar-refractivity contribution is 6.00. The monoisotopic (exact) mass is 202 g/mol. The summed E-state index contributed by atoms with van der Waals surface area (Å²) in [7, 11) is 0. The number of hydrogen-bond donors (Lipinski definition) is 1. The molecule has 1 unspecified atom stereocenters. The van der Waals surface area contributed by atoms with Crippen LogP contribution in [0.1, 0.15) is 24.2 Å². The second-order valence-electron chi connectivity index (χ2n) is 4.04.